The number of rotatable bonds is 2. The fourth-order valence-corrected chi connectivity index (χ4v) is 1.79. The zero-order valence-corrected chi connectivity index (χ0v) is 9.27. The lowest BCUT2D eigenvalue weighted by Gasteiger charge is -2.09. The van der Waals surface area contributed by atoms with Crippen molar-refractivity contribution in [3.8, 4) is 0 Å². The van der Waals surface area contributed by atoms with Crippen LogP contribution < -0.4 is 5.73 Å². The highest BCUT2D eigenvalue weighted by molar-refractivity contribution is 7.98. The number of esters is 1. The molecule has 0 radical (unpaired) electrons. The van der Waals surface area contributed by atoms with E-state index in [2.05, 4.69) is 4.74 Å². The normalized spacial score (nSPS) is 9.93. The van der Waals surface area contributed by atoms with Crippen LogP contribution in [-0.4, -0.2) is 19.3 Å². The number of ether oxygens (including phenoxy) is 1. The maximum Gasteiger partial charge on any atom is 0.338 e. The molecule has 0 heterocycles. The van der Waals surface area contributed by atoms with Crippen LogP contribution in [0.1, 0.15) is 15.9 Å². The average Bonchev–Trinajstić information content (AvgIpc) is 2.21. The predicted molar refractivity (Wildman–Crippen MR) is 58.7 cm³/mol. The van der Waals surface area contributed by atoms with Crippen LogP contribution >= 0.6 is 11.8 Å². The van der Waals surface area contributed by atoms with Crippen LogP contribution in [0.25, 0.3) is 0 Å². The first-order valence-corrected chi connectivity index (χ1v) is 5.35. The summed E-state index contributed by atoms with van der Waals surface area (Å²) in [5.74, 6) is -0.346. The number of nitrogens with two attached hydrogens (primary N) is 1. The third-order valence-corrected chi connectivity index (χ3v) is 2.90. The Morgan fingerprint density at radius 3 is 2.64 bits per heavy atom. The van der Waals surface area contributed by atoms with Crippen LogP contribution in [0.4, 0.5) is 5.69 Å². The van der Waals surface area contributed by atoms with Gasteiger partial charge in [0, 0.05) is 10.6 Å². The summed E-state index contributed by atoms with van der Waals surface area (Å²) in [5, 5.41) is 0. The maximum absolute atomic E-state index is 11.3. The van der Waals surface area contributed by atoms with E-state index in [1.165, 1.54) is 7.11 Å². The SMILES string of the molecule is COC(=O)c1ccc(SC)c(N)c1C. The van der Waals surface area contributed by atoms with Gasteiger partial charge >= 0.3 is 5.97 Å². The second-order valence-electron chi connectivity index (χ2n) is 2.85. The van der Waals surface area contributed by atoms with Gasteiger partial charge in [-0.05, 0) is 30.9 Å². The van der Waals surface area contributed by atoms with Gasteiger partial charge in [-0.25, -0.2) is 4.79 Å². The molecule has 0 aliphatic rings. The topological polar surface area (TPSA) is 52.3 Å². The van der Waals surface area contributed by atoms with Crippen LogP contribution in [-0.2, 0) is 4.74 Å². The van der Waals surface area contributed by atoms with Gasteiger partial charge in [-0.2, -0.15) is 0 Å². The van der Waals surface area contributed by atoms with Crippen LogP contribution in [0.2, 0.25) is 0 Å². The van der Waals surface area contributed by atoms with Gasteiger partial charge in [0.2, 0.25) is 0 Å². The van der Waals surface area contributed by atoms with E-state index >= 15 is 0 Å². The number of anilines is 1. The number of benzene rings is 1. The quantitative estimate of drug-likeness (QED) is 0.462. The molecule has 1 aromatic rings. The number of hydrogen-bond donors (Lipinski definition) is 1. The highest BCUT2D eigenvalue weighted by atomic mass is 32.2. The Balaban J connectivity index is 3.24. The van der Waals surface area contributed by atoms with E-state index in [9.17, 15) is 4.79 Å². The van der Waals surface area contributed by atoms with Gasteiger partial charge in [0.05, 0.1) is 12.7 Å². The molecular formula is C10H13NO2S. The van der Waals surface area contributed by atoms with E-state index in [1.807, 2.05) is 19.2 Å². The molecule has 0 saturated heterocycles. The number of hydrogen-bond acceptors (Lipinski definition) is 4. The first-order valence-electron chi connectivity index (χ1n) is 4.13. The van der Waals surface area contributed by atoms with E-state index in [1.54, 1.807) is 17.8 Å². The molecule has 3 nitrogen and oxygen atoms in total. The minimum absolute atomic E-state index is 0.346. The largest absolute Gasteiger partial charge is 0.465 e. The number of nitrogen functional groups attached to an aromatic ring is 1. The Bertz CT molecular complexity index is 363. The van der Waals surface area contributed by atoms with Crippen molar-refractivity contribution in [3.63, 3.8) is 0 Å². The predicted octanol–water partition coefficient (Wildman–Crippen LogP) is 2.09. The Morgan fingerprint density at radius 2 is 2.14 bits per heavy atom. The van der Waals surface area contributed by atoms with Crippen molar-refractivity contribution in [3.05, 3.63) is 23.3 Å². The smallest absolute Gasteiger partial charge is 0.338 e. The van der Waals surface area contributed by atoms with Crippen molar-refractivity contribution in [2.24, 2.45) is 0 Å². The van der Waals surface area contributed by atoms with Crippen molar-refractivity contribution in [2.75, 3.05) is 19.1 Å². The van der Waals surface area contributed by atoms with Gasteiger partial charge in [0.1, 0.15) is 0 Å². The molecule has 0 aliphatic carbocycles. The van der Waals surface area contributed by atoms with Gasteiger partial charge in [-0.3, -0.25) is 0 Å². The Kier molecular flexibility index (Phi) is 3.41. The summed E-state index contributed by atoms with van der Waals surface area (Å²) in [4.78, 5) is 12.3. The van der Waals surface area contributed by atoms with E-state index < -0.39 is 0 Å². The van der Waals surface area contributed by atoms with Gasteiger partial charge in [0.25, 0.3) is 0 Å². The van der Waals surface area contributed by atoms with Crippen LogP contribution in [0, 0.1) is 6.92 Å². The fraction of sp³-hybridized carbons (Fsp3) is 0.300. The number of thioether (sulfide) groups is 1. The van der Waals surface area contributed by atoms with Crippen LogP contribution in [0.3, 0.4) is 0 Å². The molecule has 0 spiro atoms. The number of carbonyl (C=O) groups excluding carboxylic acids is 1. The third-order valence-electron chi connectivity index (χ3n) is 2.10. The Labute approximate surface area is 87.6 Å². The summed E-state index contributed by atoms with van der Waals surface area (Å²) >= 11 is 1.56. The molecule has 2 N–H and O–H groups in total. The summed E-state index contributed by atoms with van der Waals surface area (Å²) in [6, 6.07) is 3.57. The first-order chi connectivity index (χ1) is 6.61. The highest BCUT2D eigenvalue weighted by Gasteiger charge is 2.12. The molecule has 1 rings (SSSR count). The highest BCUT2D eigenvalue weighted by Crippen LogP contribution is 2.28. The molecule has 0 saturated carbocycles. The molecule has 4 heteroatoms. The number of carbonyl (C=O) groups is 1. The van der Waals surface area contributed by atoms with E-state index in [4.69, 9.17) is 5.73 Å². The molecular weight excluding hydrogens is 198 g/mol. The fourth-order valence-electron chi connectivity index (χ4n) is 1.21. The minimum Gasteiger partial charge on any atom is -0.465 e. The van der Waals surface area contributed by atoms with Crippen molar-refractivity contribution in [2.45, 2.75) is 11.8 Å². The summed E-state index contributed by atoms with van der Waals surface area (Å²) < 4.78 is 4.64. The monoisotopic (exact) mass is 211 g/mol. The van der Waals surface area contributed by atoms with Crippen molar-refractivity contribution in [1.82, 2.24) is 0 Å². The van der Waals surface area contributed by atoms with Crippen molar-refractivity contribution < 1.29 is 9.53 Å². The minimum atomic E-state index is -0.346. The molecule has 0 unspecified atom stereocenters. The molecule has 76 valence electrons. The Morgan fingerprint density at radius 1 is 1.50 bits per heavy atom. The van der Waals surface area contributed by atoms with E-state index in [-0.39, 0.29) is 5.97 Å². The Hall–Kier alpha value is -1.16. The van der Waals surface area contributed by atoms with Crippen LogP contribution in [0.5, 0.6) is 0 Å². The lowest BCUT2D eigenvalue weighted by atomic mass is 10.1. The molecule has 0 aromatic heterocycles. The lowest BCUT2D eigenvalue weighted by Crippen LogP contribution is -2.06. The zero-order valence-electron chi connectivity index (χ0n) is 8.46. The molecule has 0 amide bonds. The molecule has 0 fully saturated rings. The van der Waals surface area contributed by atoms with Crippen LogP contribution in [0.15, 0.2) is 17.0 Å². The first kappa shape index (κ1) is 10.9. The van der Waals surface area contributed by atoms with E-state index in [0.29, 0.717) is 11.3 Å². The summed E-state index contributed by atoms with van der Waals surface area (Å²) in [6.45, 7) is 1.82. The van der Waals surface area contributed by atoms with Gasteiger partial charge in [-0.15, -0.1) is 11.8 Å². The molecule has 0 bridgehead atoms. The average molecular weight is 211 g/mol. The summed E-state index contributed by atoms with van der Waals surface area (Å²) in [5.41, 5.74) is 7.82. The maximum atomic E-state index is 11.3. The molecule has 1 aromatic carbocycles. The third kappa shape index (κ3) is 1.85. The van der Waals surface area contributed by atoms with Crippen molar-refractivity contribution in [1.29, 1.82) is 0 Å². The second kappa shape index (κ2) is 4.37. The molecule has 0 aliphatic heterocycles. The lowest BCUT2D eigenvalue weighted by molar-refractivity contribution is 0.0600. The standard InChI is InChI=1S/C10H13NO2S/c1-6-7(10(12)13-2)4-5-8(14-3)9(6)11/h4-5H,11H2,1-3H3. The summed E-state index contributed by atoms with van der Waals surface area (Å²) in [7, 11) is 1.36. The molecule has 14 heavy (non-hydrogen) atoms. The number of methoxy groups -OCH3 is 1. The van der Waals surface area contributed by atoms with Gasteiger partial charge in [0.15, 0.2) is 0 Å². The molecule has 0 atom stereocenters. The van der Waals surface area contributed by atoms with E-state index in [0.717, 1.165) is 10.5 Å². The summed E-state index contributed by atoms with van der Waals surface area (Å²) in [6.07, 6.45) is 1.95. The second-order valence-corrected chi connectivity index (χ2v) is 3.69. The van der Waals surface area contributed by atoms with Crippen molar-refractivity contribution >= 4 is 23.4 Å². The zero-order chi connectivity index (χ0) is 10.7. The van der Waals surface area contributed by atoms with Gasteiger partial charge in [-0.1, -0.05) is 0 Å². The van der Waals surface area contributed by atoms with Gasteiger partial charge < -0.3 is 10.5 Å².